The van der Waals surface area contributed by atoms with Gasteiger partial charge in [0.05, 0.1) is 18.6 Å². The van der Waals surface area contributed by atoms with Crippen LogP contribution < -0.4 is 16.0 Å². The van der Waals surface area contributed by atoms with Gasteiger partial charge in [-0.1, -0.05) is 20.8 Å². The van der Waals surface area contributed by atoms with Crippen LogP contribution in [0.2, 0.25) is 0 Å². The van der Waals surface area contributed by atoms with Crippen molar-refractivity contribution in [3.8, 4) is 0 Å². The number of carbonyl (C=O) groups is 4. The number of fused-ring (bicyclic) bond motifs is 1. The quantitative estimate of drug-likeness (QED) is 0.563. The first kappa shape index (κ1) is 26.1. The summed E-state index contributed by atoms with van der Waals surface area (Å²) in [5, 5.41) is 2.93. The Morgan fingerprint density at radius 1 is 1.03 bits per heavy atom. The zero-order valence-electron chi connectivity index (χ0n) is 21.6. The lowest BCUT2D eigenvalue weighted by molar-refractivity contribution is -0.138. The largest absolute Gasteiger partial charge is 0.372 e. The van der Waals surface area contributed by atoms with Gasteiger partial charge < -0.3 is 25.8 Å². The predicted molar refractivity (Wildman–Crippen MR) is 137 cm³/mol. The molecule has 0 aliphatic carbocycles. The van der Waals surface area contributed by atoms with E-state index in [-0.39, 0.29) is 42.0 Å². The number of nitrogens with two attached hydrogens (primary N) is 1. The number of anilines is 1. The van der Waals surface area contributed by atoms with Gasteiger partial charge in [-0.25, -0.2) is 0 Å². The van der Waals surface area contributed by atoms with Crippen LogP contribution in [-0.4, -0.2) is 83.7 Å². The molecule has 4 rings (SSSR count). The van der Waals surface area contributed by atoms with Crippen molar-refractivity contribution in [1.29, 1.82) is 0 Å². The molecular weight excluding hydrogens is 458 g/mol. The molecular formula is C27H39N5O4. The highest BCUT2D eigenvalue weighted by molar-refractivity contribution is 6.01. The van der Waals surface area contributed by atoms with Crippen LogP contribution in [0.25, 0.3) is 0 Å². The highest BCUT2D eigenvalue weighted by Gasteiger charge is 2.52. The van der Waals surface area contributed by atoms with E-state index in [9.17, 15) is 19.2 Å². The first-order valence-electron chi connectivity index (χ1n) is 13.3. The predicted octanol–water partition coefficient (Wildman–Crippen LogP) is 1.55. The molecule has 0 bridgehead atoms. The summed E-state index contributed by atoms with van der Waals surface area (Å²) >= 11 is 0. The second kappa shape index (κ2) is 11.0. The number of carbonyl (C=O) groups excluding carboxylic acids is 4. The standard InChI is InChI=1S/C27H39N5O4/c1-4-20(28)26(35)32-16-23(33)24-22(32)11-14-31(24)27(36)21(15-17(2)3)29-25(34)18-7-9-19(10-8-18)30-12-5-6-13-30/h7-10,17,20-22,24H,4-6,11-16,28H2,1-3H3,(H,29,34). The summed E-state index contributed by atoms with van der Waals surface area (Å²) in [6, 6.07) is 5.09. The number of nitrogens with one attached hydrogen (secondary N) is 1. The normalized spacial score (nSPS) is 23.2. The molecule has 0 radical (unpaired) electrons. The topological polar surface area (TPSA) is 116 Å². The number of likely N-dealkylation sites (tertiary alicyclic amines) is 2. The lowest BCUT2D eigenvalue weighted by atomic mass is 10.0. The van der Waals surface area contributed by atoms with Gasteiger partial charge in [-0.05, 0) is 62.3 Å². The fourth-order valence-electron chi connectivity index (χ4n) is 5.68. The Morgan fingerprint density at radius 2 is 1.69 bits per heavy atom. The Balaban J connectivity index is 1.46. The van der Waals surface area contributed by atoms with Gasteiger partial charge in [0, 0.05) is 30.9 Å². The smallest absolute Gasteiger partial charge is 0.251 e. The number of rotatable bonds is 8. The number of Topliss-reactive ketones (excluding diaryl/α,β-unsaturated/α-hetero) is 1. The Bertz CT molecular complexity index is 988. The van der Waals surface area contributed by atoms with Gasteiger partial charge in [0.25, 0.3) is 5.91 Å². The van der Waals surface area contributed by atoms with Gasteiger partial charge in [0.1, 0.15) is 12.1 Å². The lowest BCUT2D eigenvalue weighted by Gasteiger charge is -2.29. The van der Waals surface area contributed by atoms with E-state index in [1.165, 1.54) is 12.8 Å². The highest BCUT2D eigenvalue weighted by atomic mass is 16.2. The summed E-state index contributed by atoms with van der Waals surface area (Å²) in [6.07, 6.45) is 3.84. The summed E-state index contributed by atoms with van der Waals surface area (Å²) in [4.78, 5) is 57.8. The molecule has 4 atom stereocenters. The third-order valence-corrected chi connectivity index (χ3v) is 7.66. The van der Waals surface area contributed by atoms with E-state index in [2.05, 4.69) is 10.2 Å². The summed E-state index contributed by atoms with van der Waals surface area (Å²) in [7, 11) is 0. The van der Waals surface area contributed by atoms with Crippen LogP contribution >= 0.6 is 0 Å². The zero-order chi connectivity index (χ0) is 26.0. The number of hydrogen-bond donors (Lipinski definition) is 2. The third-order valence-electron chi connectivity index (χ3n) is 7.66. The van der Waals surface area contributed by atoms with Gasteiger partial charge in [-0.15, -0.1) is 0 Å². The van der Waals surface area contributed by atoms with Crippen molar-refractivity contribution in [1.82, 2.24) is 15.1 Å². The average molecular weight is 498 g/mol. The number of hydrogen-bond acceptors (Lipinski definition) is 6. The maximum absolute atomic E-state index is 13.7. The van der Waals surface area contributed by atoms with Crippen molar-refractivity contribution in [2.45, 2.75) is 77.0 Å². The second-order valence-electron chi connectivity index (χ2n) is 10.7. The molecule has 1 aromatic rings. The summed E-state index contributed by atoms with van der Waals surface area (Å²) in [5.41, 5.74) is 7.55. The van der Waals surface area contributed by atoms with Crippen LogP contribution in [0.3, 0.4) is 0 Å². The van der Waals surface area contributed by atoms with Gasteiger partial charge >= 0.3 is 0 Å². The van der Waals surface area contributed by atoms with Gasteiger partial charge in [0.15, 0.2) is 5.78 Å². The maximum Gasteiger partial charge on any atom is 0.251 e. The minimum Gasteiger partial charge on any atom is -0.372 e. The molecule has 3 amide bonds. The Hall–Kier alpha value is -2.94. The molecule has 1 aromatic carbocycles. The van der Waals surface area contributed by atoms with Gasteiger partial charge in [-0.2, -0.15) is 0 Å². The van der Waals surface area contributed by atoms with Crippen LogP contribution in [0.15, 0.2) is 24.3 Å². The van der Waals surface area contributed by atoms with Crippen LogP contribution in [0.1, 0.15) is 63.2 Å². The van der Waals surface area contributed by atoms with Crippen LogP contribution in [0, 0.1) is 5.92 Å². The van der Waals surface area contributed by atoms with E-state index in [0.717, 1.165) is 18.8 Å². The van der Waals surface area contributed by atoms with Crippen LogP contribution in [0.4, 0.5) is 5.69 Å². The molecule has 3 aliphatic heterocycles. The first-order valence-corrected chi connectivity index (χ1v) is 13.3. The molecule has 36 heavy (non-hydrogen) atoms. The van der Waals surface area contributed by atoms with Crippen molar-refractivity contribution >= 4 is 29.2 Å². The summed E-state index contributed by atoms with van der Waals surface area (Å²) in [5.74, 6) is -0.788. The van der Waals surface area contributed by atoms with Gasteiger partial charge in [-0.3, -0.25) is 19.2 Å². The fourth-order valence-corrected chi connectivity index (χ4v) is 5.68. The van der Waals surface area contributed by atoms with E-state index >= 15 is 0 Å². The average Bonchev–Trinajstić information content (AvgIpc) is 3.61. The summed E-state index contributed by atoms with van der Waals surface area (Å²) < 4.78 is 0. The van der Waals surface area contributed by atoms with Crippen molar-refractivity contribution in [3.05, 3.63) is 29.8 Å². The Labute approximate surface area is 213 Å². The Kier molecular flexibility index (Phi) is 7.97. The van der Waals surface area contributed by atoms with Crippen molar-refractivity contribution in [2.24, 2.45) is 11.7 Å². The van der Waals surface area contributed by atoms with E-state index in [4.69, 9.17) is 5.73 Å². The summed E-state index contributed by atoms with van der Waals surface area (Å²) in [6.45, 7) is 8.24. The minimum absolute atomic E-state index is 0.0176. The maximum atomic E-state index is 13.7. The number of benzene rings is 1. The highest BCUT2D eigenvalue weighted by Crippen LogP contribution is 2.31. The van der Waals surface area contributed by atoms with Crippen molar-refractivity contribution in [3.63, 3.8) is 0 Å². The number of ketones is 1. The molecule has 9 heteroatoms. The monoisotopic (exact) mass is 497 g/mol. The Morgan fingerprint density at radius 3 is 2.31 bits per heavy atom. The first-order chi connectivity index (χ1) is 17.2. The second-order valence-corrected chi connectivity index (χ2v) is 10.7. The molecule has 3 aliphatic rings. The molecule has 3 N–H and O–H groups in total. The van der Waals surface area contributed by atoms with E-state index in [0.29, 0.717) is 31.4 Å². The zero-order valence-corrected chi connectivity index (χ0v) is 21.6. The van der Waals surface area contributed by atoms with Crippen molar-refractivity contribution in [2.75, 3.05) is 31.1 Å². The molecule has 0 aromatic heterocycles. The van der Waals surface area contributed by atoms with E-state index in [1.54, 1.807) is 21.9 Å². The molecule has 3 saturated heterocycles. The fraction of sp³-hybridized carbons (Fsp3) is 0.630. The SMILES string of the molecule is CCC(N)C(=O)N1CC(=O)C2C1CCN2C(=O)C(CC(C)C)NC(=O)c1ccc(N2CCCC2)cc1. The molecule has 196 valence electrons. The molecule has 9 nitrogen and oxygen atoms in total. The molecule has 4 unspecified atom stereocenters. The van der Waals surface area contributed by atoms with E-state index < -0.39 is 18.1 Å². The minimum atomic E-state index is -0.745. The third kappa shape index (κ3) is 5.26. The molecule has 0 saturated carbocycles. The van der Waals surface area contributed by atoms with Crippen LogP contribution in [0.5, 0.6) is 0 Å². The molecule has 3 heterocycles. The number of amides is 3. The van der Waals surface area contributed by atoms with Crippen molar-refractivity contribution < 1.29 is 19.2 Å². The number of nitrogens with zero attached hydrogens (tertiary/aromatic N) is 3. The molecule has 0 spiro atoms. The van der Waals surface area contributed by atoms with Crippen LogP contribution in [-0.2, 0) is 14.4 Å². The lowest BCUT2D eigenvalue weighted by Crippen LogP contribution is -2.53. The van der Waals surface area contributed by atoms with E-state index in [1.807, 2.05) is 32.9 Å². The van der Waals surface area contributed by atoms with Gasteiger partial charge in [0.2, 0.25) is 11.8 Å². The molecule has 3 fully saturated rings.